The number of hydrogen-bond donors (Lipinski definition) is 2. The van der Waals surface area contributed by atoms with E-state index in [2.05, 4.69) is 5.32 Å². The van der Waals surface area contributed by atoms with E-state index in [0.29, 0.717) is 31.7 Å². The summed E-state index contributed by atoms with van der Waals surface area (Å²) in [5.74, 6) is 0.506. The van der Waals surface area contributed by atoms with Crippen molar-refractivity contribution in [3.8, 4) is 5.75 Å². The fraction of sp³-hybridized carbons (Fsp3) is 0.529. The number of carbonyl (C=O) groups is 2. The minimum absolute atomic E-state index is 0.0563. The molecule has 1 unspecified atom stereocenters. The molecule has 2 rings (SSSR count). The van der Waals surface area contributed by atoms with Crippen LogP contribution < -0.4 is 20.7 Å². The third-order valence-electron chi connectivity index (χ3n) is 3.94. The van der Waals surface area contributed by atoms with Gasteiger partial charge in [0.05, 0.1) is 11.2 Å². The summed E-state index contributed by atoms with van der Waals surface area (Å²) in [5, 5.41) is 2.85. The fourth-order valence-corrected chi connectivity index (χ4v) is 2.67. The lowest BCUT2D eigenvalue weighted by molar-refractivity contribution is -0.126. The molecule has 1 aromatic carbocycles. The molecular weight excluding hydrogens is 294 g/mol. The largest absolute Gasteiger partial charge is 0.482 e. The molecule has 0 fully saturated rings. The molecule has 0 spiro atoms. The van der Waals surface area contributed by atoms with E-state index in [9.17, 15) is 9.59 Å². The van der Waals surface area contributed by atoms with Gasteiger partial charge in [-0.15, -0.1) is 0 Å². The van der Waals surface area contributed by atoms with E-state index < -0.39 is 5.54 Å². The summed E-state index contributed by atoms with van der Waals surface area (Å²) in [4.78, 5) is 25.8. The van der Waals surface area contributed by atoms with Gasteiger partial charge in [-0.3, -0.25) is 9.59 Å². The summed E-state index contributed by atoms with van der Waals surface area (Å²) in [6.45, 7) is 4.82. The molecule has 1 heterocycles. The molecule has 1 aliphatic rings. The monoisotopic (exact) mass is 319 g/mol. The zero-order chi connectivity index (χ0) is 16.9. The van der Waals surface area contributed by atoms with Crippen LogP contribution in [0.2, 0.25) is 0 Å². The Kier molecular flexibility index (Phi) is 5.60. The molecular formula is C17H25N3O3. The van der Waals surface area contributed by atoms with Crippen molar-refractivity contribution in [2.75, 3.05) is 24.6 Å². The molecule has 1 aromatic rings. The number of benzene rings is 1. The van der Waals surface area contributed by atoms with Crippen LogP contribution in [0.25, 0.3) is 0 Å². The average Bonchev–Trinajstić information content (AvgIpc) is 2.52. The van der Waals surface area contributed by atoms with Crippen molar-refractivity contribution >= 4 is 17.5 Å². The third kappa shape index (κ3) is 4.22. The highest BCUT2D eigenvalue weighted by molar-refractivity contribution is 5.97. The van der Waals surface area contributed by atoms with Gasteiger partial charge in [-0.05, 0) is 31.9 Å². The SMILES string of the molecule is CCCC(C)(N)C(=O)NCCCN1C(=O)COc2ccccc21. The van der Waals surface area contributed by atoms with Gasteiger partial charge in [0.25, 0.3) is 5.91 Å². The number of rotatable bonds is 7. The molecule has 2 amide bonds. The van der Waals surface area contributed by atoms with Gasteiger partial charge in [0.1, 0.15) is 5.75 Å². The van der Waals surface area contributed by atoms with Crippen LogP contribution in [0, 0.1) is 0 Å². The maximum absolute atomic E-state index is 12.0. The number of amides is 2. The summed E-state index contributed by atoms with van der Waals surface area (Å²) in [7, 11) is 0. The Morgan fingerprint density at radius 2 is 2.17 bits per heavy atom. The van der Waals surface area contributed by atoms with E-state index in [0.717, 1.165) is 12.1 Å². The molecule has 0 radical (unpaired) electrons. The van der Waals surface area contributed by atoms with Gasteiger partial charge in [-0.25, -0.2) is 0 Å². The summed E-state index contributed by atoms with van der Waals surface area (Å²) in [6, 6.07) is 7.47. The molecule has 1 aliphatic heterocycles. The van der Waals surface area contributed by atoms with Crippen LogP contribution in [0.15, 0.2) is 24.3 Å². The molecule has 0 aliphatic carbocycles. The van der Waals surface area contributed by atoms with Gasteiger partial charge in [0.15, 0.2) is 6.61 Å². The van der Waals surface area contributed by atoms with E-state index in [-0.39, 0.29) is 18.4 Å². The fourth-order valence-electron chi connectivity index (χ4n) is 2.67. The Hall–Kier alpha value is -2.08. The van der Waals surface area contributed by atoms with Crippen LogP contribution in [0.4, 0.5) is 5.69 Å². The van der Waals surface area contributed by atoms with E-state index in [1.54, 1.807) is 11.8 Å². The smallest absolute Gasteiger partial charge is 0.265 e. The summed E-state index contributed by atoms with van der Waals surface area (Å²) in [6.07, 6.45) is 2.17. The summed E-state index contributed by atoms with van der Waals surface area (Å²) in [5.41, 5.74) is 5.93. The van der Waals surface area contributed by atoms with Gasteiger partial charge in [0.2, 0.25) is 5.91 Å². The number of fused-ring (bicyclic) bond motifs is 1. The van der Waals surface area contributed by atoms with Crippen LogP contribution in [-0.2, 0) is 9.59 Å². The molecule has 6 nitrogen and oxygen atoms in total. The first kappa shape index (κ1) is 17.3. The van der Waals surface area contributed by atoms with Crippen molar-refractivity contribution < 1.29 is 14.3 Å². The van der Waals surface area contributed by atoms with Gasteiger partial charge < -0.3 is 20.7 Å². The lowest BCUT2D eigenvalue weighted by atomic mass is 9.96. The van der Waals surface area contributed by atoms with Crippen molar-refractivity contribution in [3.63, 3.8) is 0 Å². The standard InChI is InChI=1S/C17H25N3O3/c1-3-9-17(2,18)16(22)19-10-6-11-20-13-7-4-5-8-14(13)23-12-15(20)21/h4-5,7-8H,3,6,9-12,18H2,1-2H3,(H,19,22). The van der Waals surface area contributed by atoms with E-state index >= 15 is 0 Å². The van der Waals surface area contributed by atoms with Gasteiger partial charge >= 0.3 is 0 Å². The molecule has 6 heteroatoms. The zero-order valence-corrected chi connectivity index (χ0v) is 13.8. The molecule has 3 N–H and O–H groups in total. The van der Waals surface area contributed by atoms with Crippen molar-refractivity contribution in [3.05, 3.63) is 24.3 Å². The van der Waals surface area contributed by atoms with Crippen molar-refractivity contribution in [1.29, 1.82) is 0 Å². The number of nitrogens with zero attached hydrogens (tertiary/aromatic N) is 1. The van der Waals surface area contributed by atoms with Crippen molar-refractivity contribution in [2.45, 2.75) is 38.6 Å². The summed E-state index contributed by atoms with van der Waals surface area (Å²) >= 11 is 0. The molecule has 0 saturated carbocycles. The first-order valence-corrected chi connectivity index (χ1v) is 8.05. The predicted octanol–water partition coefficient (Wildman–Crippen LogP) is 1.44. The zero-order valence-electron chi connectivity index (χ0n) is 13.8. The van der Waals surface area contributed by atoms with Gasteiger partial charge in [-0.1, -0.05) is 25.5 Å². The lowest BCUT2D eigenvalue weighted by Crippen LogP contribution is -2.52. The van der Waals surface area contributed by atoms with Crippen LogP contribution in [0.5, 0.6) is 5.75 Å². The normalized spacial score (nSPS) is 16.3. The molecule has 0 bridgehead atoms. The van der Waals surface area contributed by atoms with Crippen LogP contribution in [-0.4, -0.2) is 37.0 Å². The van der Waals surface area contributed by atoms with Crippen molar-refractivity contribution in [1.82, 2.24) is 5.32 Å². The first-order valence-electron chi connectivity index (χ1n) is 8.05. The Morgan fingerprint density at radius 3 is 2.91 bits per heavy atom. The average molecular weight is 319 g/mol. The van der Waals surface area contributed by atoms with E-state index in [4.69, 9.17) is 10.5 Å². The quantitative estimate of drug-likeness (QED) is 0.745. The predicted molar refractivity (Wildman–Crippen MR) is 89.4 cm³/mol. The molecule has 1 atom stereocenters. The highest BCUT2D eigenvalue weighted by Crippen LogP contribution is 2.31. The number of carbonyl (C=O) groups excluding carboxylic acids is 2. The second-order valence-electron chi connectivity index (χ2n) is 6.08. The molecule has 126 valence electrons. The highest BCUT2D eigenvalue weighted by Gasteiger charge is 2.27. The second kappa shape index (κ2) is 7.46. The Morgan fingerprint density at radius 1 is 1.43 bits per heavy atom. The molecule has 0 saturated heterocycles. The van der Waals surface area contributed by atoms with Gasteiger partial charge in [-0.2, -0.15) is 0 Å². The topological polar surface area (TPSA) is 84.7 Å². The van der Waals surface area contributed by atoms with Crippen LogP contribution >= 0.6 is 0 Å². The molecule has 0 aromatic heterocycles. The van der Waals surface area contributed by atoms with Crippen molar-refractivity contribution in [2.24, 2.45) is 5.73 Å². The third-order valence-corrected chi connectivity index (χ3v) is 3.94. The maximum Gasteiger partial charge on any atom is 0.265 e. The number of nitrogens with one attached hydrogen (secondary N) is 1. The number of ether oxygens (including phenoxy) is 1. The van der Waals surface area contributed by atoms with Crippen LogP contribution in [0.3, 0.4) is 0 Å². The van der Waals surface area contributed by atoms with Gasteiger partial charge in [0, 0.05) is 13.1 Å². The number of anilines is 1. The first-order chi connectivity index (χ1) is 11.0. The minimum Gasteiger partial charge on any atom is -0.482 e. The Bertz CT molecular complexity index is 572. The number of para-hydroxylation sites is 2. The minimum atomic E-state index is -0.837. The van der Waals surface area contributed by atoms with E-state index in [1.807, 2.05) is 31.2 Å². The second-order valence-corrected chi connectivity index (χ2v) is 6.08. The lowest BCUT2D eigenvalue weighted by Gasteiger charge is -2.29. The summed E-state index contributed by atoms with van der Waals surface area (Å²) < 4.78 is 5.40. The Balaban J connectivity index is 1.85. The molecule has 23 heavy (non-hydrogen) atoms. The Labute approximate surface area is 137 Å². The number of hydrogen-bond acceptors (Lipinski definition) is 4. The number of nitrogens with two attached hydrogens (primary N) is 1. The highest BCUT2D eigenvalue weighted by atomic mass is 16.5. The maximum atomic E-state index is 12.0. The van der Waals surface area contributed by atoms with E-state index in [1.165, 1.54) is 0 Å². The van der Waals surface area contributed by atoms with Crippen LogP contribution in [0.1, 0.15) is 33.1 Å².